The molecule has 2 rings (SSSR count). The van der Waals surface area contributed by atoms with Gasteiger partial charge in [0.05, 0.1) is 5.56 Å². The zero-order valence-corrected chi connectivity index (χ0v) is 11.1. The second-order valence-corrected chi connectivity index (χ2v) is 4.53. The first-order valence-corrected chi connectivity index (χ1v) is 5.99. The van der Waals surface area contributed by atoms with Crippen LogP contribution in [0.4, 0.5) is 18.9 Å². The van der Waals surface area contributed by atoms with Crippen LogP contribution in [0.3, 0.4) is 0 Å². The minimum Gasteiger partial charge on any atom is -0.322 e. The van der Waals surface area contributed by atoms with Crippen LogP contribution in [0.5, 0.6) is 0 Å². The molecule has 0 heterocycles. The van der Waals surface area contributed by atoms with Gasteiger partial charge in [-0.05, 0) is 31.2 Å². The largest absolute Gasteiger partial charge is 0.322 e. The molecule has 0 saturated heterocycles. The highest BCUT2D eigenvalue weighted by atomic mass is 35.5. The third kappa shape index (κ3) is 2.77. The lowest BCUT2D eigenvalue weighted by Crippen LogP contribution is -2.15. The predicted molar refractivity (Wildman–Crippen MR) is 70.5 cm³/mol. The van der Waals surface area contributed by atoms with Gasteiger partial charge in [-0.15, -0.1) is 0 Å². The molecule has 0 aliphatic rings. The third-order valence-corrected chi connectivity index (χ3v) is 3.11. The van der Waals surface area contributed by atoms with Crippen molar-refractivity contribution in [3.63, 3.8) is 0 Å². The highest BCUT2D eigenvalue weighted by molar-refractivity contribution is 6.31. The Morgan fingerprint density at radius 1 is 1.15 bits per heavy atom. The summed E-state index contributed by atoms with van der Waals surface area (Å²) < 4.78 is 40.2. The summed E-state index contributed by atoms with van der Waals surface area (Å²) in [5, 5.41) is 2.21. The van der Waals surface area contributed by atoms with Gasteiger partial charge in [0, 0.05) is 16.3 Å². The molecular weight excluding hydrogens is 291 g/mol. The van der Waals surface area contributed by atoms with Crippen LogP contribution < -0.4 is 5.32 Å². The molecule has 0 aromatic heterocycles. The standard InChI is InChI=1S/C14H9ClF3NO/c1-7-11(15)6-10(13(18)12(7)17)14(20)19-9-4-2-3-8(16)5-9/h2-6H,1H3,(H,19,20). The quantitative estimate of drug-likeness (QED) is 0.822. The molecule has 2 aromatic rings. The lowest BCUT2D eigenvalue weighted by Gasteiger charge is -2.09. The Bertz CT molecular complexity index is 688. The number of anilines is 1. The molecule has 0 bridgehead atoms. The zero-order valence-electron chi connectivity index (χ0n) is 10.3. The van der Waals surface area contributed by atoms with E-state index >= 15 is 0 Å². The number of halogens is 4. The molecule has 20 heavy (non-hydrogen) atoms. The average molecular weight is 300 g/mol. The van der Waals surface area contributed by atoms with Gasteiger partial charge in [0.1, 0.15) is 5.82 Å². The van der Waals surface area contributed by atoms with Crippen molar-refractivity contribution in [2.24, 2.45) is 0 Å². The molecule has 1 N–H and O–H groups in total. The molecule has 0 fully saturated rings. The van der Waals surface area contributed by atoms with Gasteiger partial charge in [-0.1, -0.05) is 17.7 Å². The first-order chi connectivity index (χ1) is 9.40. The van der Waals surface area contributed by atoms with E-state index in [4.69, 9.17) is 11.6 Å². The van der Waals surface area contributed by atoms with Gasteiger partial charge in [0.15, 0.2) is 11.6 Å². The number of rotatable bonds is 2. The van der Waals surface area contributed by atoms with E-state index in [9.17, 15) is 18.0 Å². The molecule has 104 valence electrons. The van der Waals surface area contributed by atoms with Gasteiger partial charge < -0.3 is 5.32 Å². The first-order valence-electron chi connectivity index (χ1n) is 5.61. The van der Waals surface area contributed by atoms with Crippen LogP contribution in [0.1, 0.15) is 15.9 Å². The fraction of sp³-hybridized carbons (Fsp3) is 0.0714. The summed E-state index contributed by atoms with van der Waals surface area (Å²) in [6.45, 7) is 1.30. The van der Waals surface area contributed by atoms with E-state index in [1.807, 2.05) is 0 Å². The molecule has 0 atom stereocenters. The summed E-state index contributed by atoms with van der Waals surface area (Å²) >= 11 is 5.72. The van der Waals surface area contributed by atoms with Crippen LogP contribution >= 0.6 is 11.6 Å². The van der Waals surface area contributed by atoms with Crippen LogP contribution in [0.15, 0.2) is 30.3 Å². The van der Waals surface area contributed by atoms with E-state index in [2.05, 4.69) is 5.32 Å². The molecule has 1 amide bonds. The van der Waals surface area contributed by atoms with Crippen LogP contribution in [0.25, 0.3) is 0 Å². The summed E-state index contributed by atoms with van der Waals surface area (Å²) in [6, 6.07) is 6.08. The molecule has 0 saturated carbocycles. The summed E-state index contributed by atoms with van der Waals surface area (Å²) in [4.78, 5) is 11.9. The Labute approximate surface area is 118 Å². The number of carbonyl (C=O) groups excluding carboxylic acids is 1. The fourth-order valence-electron chi connectivity index (χ4n) is 1.62. The van der Waals surface area contributed by atoms with E-state index in [0.29, 0.717) is 0 Å². The monoisotopic (exact) mass is 299 g/mol. The Morgan fingerprint density at radius 2 is 1.85 bits per heavy atom. The minimum absolute atomic E-state index is 0.0618. The molecule has 0 unspecified atom stereocenters. The van der Waals surface area contributed by atoms with Gasteiger partial charge in [-0.2, -0.15) is 0 Å². The molecule has 0 aliphatic carbocycles. The SMILES string of the molecule is Cc1c(Cl)cc(C(=O)Nc2cccc(F)c2)c(F)c1F. The second-order valence-electron chi connectivity index (χ2n) is 4.12. The Morgan fingerprint density at radius 3 is 2.50 bits per heavy atom. The molecule has 0 radical (unpaired) electrons. The van der Waals surface area contributed by atoms with Gasteiger partial charge in [-0.3, -0.25) is 4.79 Å². The number of hydrogen-bond acceptors (Lipinski definition) is 1. The van der Waals surface area contributed by atoms with Crippen molar-refractivity contribution < 1.29 is 18.0 Å². The minimum atomic E-state index is -1.29. The van der Waals surface area contributed by atoms with Crippen molar-refractivity contribution in [1.82, 2.24) is 0 Å². The van der Waals surface area contributed by atoms with Crippen molar-refractivity contribution in [2.75, 3.05) is 5.32 Å². The molecule has 2 nitrogen and oxygen atoms in total. The average Bonchev–Trinajstić information content (AvgIpc) is 2.40. The molecule has 2 aromatic carbocycles. The summed E-state index contributed by atoms with van der Waals surface area (Å²) in [5.74, 6) is -3.94. The van der Waals surface area contributed by atoms with E-state index in [0.717, 1.165) is 12.1 Å². The highest BCUT2D eigenvalue weighted by Crippen LogP contribution is 2.25. The molecular formula is C14H9ClF3NO. The zero-order chi connectivity index (χ0) is 14.9. The fourth-order valence-corrected chi connectivity index (χ4v) is 1.81. The third-order valence-electron chi connectivity index (χ3n) is 2.71. The van der Waals surface area contributed by atoms with Gasteiger partial charge >= 0.3 is 0 Å². The second kappa shape index (κ2) is 5.54. The van der Waals surface area contributed by atoms with E-state index in [1.165, 1.54) is 25.1 Å². The summed E-state index contributed by atoms with van der Waals surface area (Å²) in [6.07, 6.45) is 0. The molecule has 6 heteroatoms. The Kier molecular flexibility index (Phi) is 3.99. The van der Waals surface area contributed by atoms with Crippen LogP contribution in [0.2, 0.25) is 5.02 Å². The predicted octanol–water partition coefficient (Wildman–Crippen LogP) is 4.32. The number of benzene rings is 2. The maximum Gasteiger partial charge on any atom is 0.258 e. The van der Waals surface area contributed by atoms with E-state index < -0.39 is 28.9 Å². The Balaban J connectivity index is 2.35. The van der Waals surface area contributed by atoms with Crippen LogP contribution in [-0.4, -0.2) is 5.91 Å². The van der Waals surface area contributed by atoms with Crippen LogP contribution in [0, 0.1) is 24.4 Å². The topological polar surface area (TPSA) is 29.1 Å². The van der Waals surface area contributed by atoms with Gasteiger partial charge in [0.2, 0.25) is 0 Å². The number of amides is 1. The summed E-state index contributed by atoms with van der Waals surface area (Å²) in [7, 11) is 0. The van der Waals surface area contributed by atoms with E-state index in [1.54, 1.807) is 0 Å². The normalized spacial score (nSPS) is 10.4. The van der Waals surface area contributed by atoms with Crippen molar-refractivity contribution in [1.29, 1.82) is 0 Å². The van der Waals surface area contributed by atoms with Gasteiger partial charge in [0.25, 0.3) is 5.91 Å². The van der Waals surface area contributed by atoms with Crippen molar-refractivity contribution >= 4 is 23.2 Å². The maximum absolute atomic E-state index is 13.7. The Hall–Kier alpha value is -2.01. The number of carbonyl (C=O) groups is 1. The summed E-state index contributed by atoms with van der Waals surface area (Å²) in [5.41, 5.74) is -0.486. The first kappa shape index (κ1) is 14.4. The van der Waals surface area contributed by atoms with Crippen molar-refractivity contribution in [3.05, 3.63) is 63.9 Å². The maximum atomic E-state index is 13.7. The lowest BCUT2D eigenvalue weighted by molar-refractivity contribution is 0.102. The van der Waals surface area contributed by atoms with Crippen molar-refractivity contribution in [2.45, 2.75) is 6.92 Å². The smallest absolute Gasteiger partial charge is 0.258 e. The molecule has 0 spiro atoms. The number of hydrogen-bond donors (Lipinski definition) is 1. The lowest BCUT2D eigenvalue weighted by atomic mass is 10.1. The molecule has 0 aliphatic heterocycles. The van der Waals surface area contributed by atoms with Crippen molar-refractivity contribution in [3.8, 4) is 0 Å². The van der Waals surface area contributed by atoms with Crippen LogP contribution in [-0.2, 0) is 0 Å². The van der Waals surface area contributed by atoms with Gasteiger partial charge in [-0.25, -0.2) is 13.2 Å². The van der Waals surface area contributed by atoms with E-state index in [-0.39, 0.29) is 16.3 Å². The number of nitrogens with one attached hydrogen (secondary N) is 1. The highest BCUT2D eigenvalue weighted by Gasteiger charge is 2.20.